The molecule has 1 unspecified atom stereocenters. The molecule has 0 radical (unpaired) electrons. The number of hydrogen-bond donors (Lipinski definition) is 11. The number of aromatic carboxylic acids is 1. The van der Waals surface area contributed by atoms with Crippen LogP contribution in [0.4, 0.5) is 0 Å². The number of ketones is 2. The van der Waals surface area contributed by atoms with Gasteiger partial charge in [0.05, 0.1) is 77.6 Å². The molecule has 571 valence electrons. The molecule has 8 aliphatic rings. The topological polar surface area (TPSA) is 483 Å². The van der Waals surface area contributed by atoms with Gasteiger partial charge in [0, 0.05) is 50.7 Å². The van der Waals surface area contributed by atoms with Gasteiger partial charge in [0.25, 0.3) is 0 Å². The Morgan fingerprint density at radius 3 is 1.79 bits per heavy atom. The number of halogens is 2. The average Bonchev–Trinajstić information content (AvgIpc) is 0.745. The smallest absolute Gasteiger partial charge is 1.00 e. The molecule has 6 aliphatic heterocycles. The van der Waals surface area contributed by atoms with Crippen LogP contribution in [0.2, 0.25) is 0 Å². The van der Waals surface area contributed by atoms with E-state index in [1.165, 1.54) is 59.1 Å². The van der Waals surface area contributed by atoms with Crippen LogP contribution in [0.25, 0.3) is 44.2 Å². The van der Waals surface area contributed by atoms with Gasteiger partial charge in [-0.05, 0) is 84.9 Å². The predicted octanol–water partition coefficient (Wildman–Crippen LogP) is -4.37. The summed E-state index contributed by atoms with van der Waals surface area (Å²) in [7, 11) is 1.18. The molecule has 35 heteroatoms. The first-order valence-electron chi connectivity index (χ1n) is 34.0. The molecule has 0 spiro atoms. The normalized spacial score (nSPS) is 33.1. The van der Waals surface area contributed by atoms with E-state index >= 15 is 4.79 Å². The Morgan fingerprint density at radius 1 is 0.692 bits per heavy atom. The molecule has 13 N–H and O–H groups in total. The van der Waals surface area contributed by atoms with Crippen molar-refractivity contribution in [3.05, 3.63) is 96.0 Å². The van der Waals surface area contributed by atoms with Crippen molar-refractivity contribution in [2.75, 3.05) is 7.11 Å². The molecule has 4 aromatic carbocycles. The third-order valence-corrected chi connectivity index (χ3v) is 24.1. The van der Waals surface area contributed by atoms with E-state index in [4.69, 9.17) is 56.5 Å². The number of rotatable bonds is 17. The number of phenolic OH excluding ortho intramolecular Hbond substituents is 2. The number of carboxylic acid groups (broad SMARTS) is 1. The molecule has 0 saturated carbocycles. The first-order chi connectivity index (χ1) is 49.0. The Balaban J connectivity index is 0.000000389. The number of carbonyl (C=O) groups is 3. The molecule has 6 heterocycles. The molecule has 107 heavy (non-hydrogen) atoms. The minimum absolute atomic E-state index is 0. The van der Waals surface area contributed by atoms with Crippen molar-refractivity contribution in [2.45, 2.75) is 241 Å². The zero-order valence-electron chi connectivity index (χ0n) is 60.5. The summed E-state index contributed by atoms with van der Waals surface area (Å²) in [6.45, 7) is 12.1. The molecule has 0 aromatic heterocycles. The van der Waals surface area contributed by atoms with Crippen molar-refractivity contribution in [1.29, 1.82) is 0 Å². The molecule has 5 saturated heterocycles. The first kappa shape index (κ1) is 89.5. The zero-order valence-corrected chi connectivity index (χ0v) is 73.2. The van der Waals surface area contributed by atoms with E-state index in [1.54, 1.807) is 58.0 Å². The van der Waals surface area contributed by atoms with Crippen LogP contribution in [0.15, 0.2) is 72.8 Å². The molecular formula is C72H85Br2HgNa2O30. The summed E-state index contributed by atoms with van der Waals surface area (Å²) in [4.78, 5) is 52.8. The largest absolute Gasteiger partial charge is 1.00 e. The van der Waals surface area contributed by atoms with Crippen molar-refractivity contribution in [2.24, 2.45) is 5.92 Å². The number of carboxylic acids is 1. The Kier molecular flexibility index (Phi) is 30.6. The Bertz CT molecular complexity index is 4200. The van der Waals surface area contributed by atoms with E-state index in [9.17, 15) is 80.8 Å². The number of methoxy groups -OCH3 is 1. The van der Waals surface area contributed by atoms with Gasteiger partial charge < -0.3 is 114 Å². The number of aliphatic hydroxyl groups excluding tert-OH is 8. The van der Waals surface area contributed by atoms with Crippen molar-refractivity contribution in [3.63, 3.8) is 0 Å². The minimum Gasteiger partial charge on any atom is 1.00 e. The summed E-state index contributed by atoms with van der Waals surface area (Å²) in [6, 6.07) is 14.1. The minimum atomic E-state index is -1.95. The number of aliphatic hydroxyl groups is 9. The third kappa shape index (κ3) is 18.7. The molecule has 12 rings (SSSR count). The van der Waals surface area contributed by atoms with E-state index in [2.05, 4.69) is 31.9 Å². The van der Waals surface area contributed by atoms with Crippen molar-refractivity contribution in [1.82, 2.24) is 0 Å². The monoisotopic (exact) mass is 1840 g/mol. The summed E-state index contributed by atoms with van der Waals surface area (Å²) >= 11 is 6.47. The second-order valence-corrected chi connectivity index (χ2v) is 32.3. The van der Waals surface area contributed by atoms with E-state index in [-0.39, 0.29) is 185 Å². The molecule has 4 aromatic rings. The maximum absolute atomic E-state index is 15.0. The number of Topliss-reactive ketones (excluding diaryl/α,β-unsaturated/α-hetero) is 2. The number of benzene rings is 5. The van der Waals surface area contributed by atoms with E-state index in [1.807, 2.05) is 0 Å². The fraction of sp³-hybridized carbons (Fsp3) is 0.556. The van der Waals surface area contributed by atoms with E-state index in [0.717, 1.165) is 0 Å². The number of phenols is 2. The number of fused-ring (bicyclic) bond motifs is 4. The van der Waals surface area contributed by atoms with Crippen LogP contribution in [-0.2, 0) is 84.7 Å². The molecular weight excluding hydrogens is 1750 g/mol. The SMILES string of the molecule is CO[C@H](C(=O)[C@@H](O)[C@@H](C)O)C1Cc2cc3cc(O[C@H]4C[C@@H](O[C@H]5C[C@@H](O)[C@H](O)[C@@H](C)O5)[C@@H](O)[C@@H](C)O4)c(C)c(O)c3c(O)c2C(=O)[C@H]1O[C@H]1C[C@@H](O[C@H]2C[C@@H](O[C@H]3C[C@](C)(O)[C@H](O)[C@@H](C)O3)[C@H](O)[C@@H](C)O2)[C@H](O)[C@@H](C)O1.O.O=C([O-])c1ccccc1-c1c2cc(Br)c(=O)cc-2oc2[c]([Hg])c([O-])c(Br)cc12.[Na+].[Na+]. The van der Waals surface area contributed by atoms with E-state index in [0.29, 0.717) is 39.7 Å². The van der Waals surface area contributed by atoms with Crippen molar-refractivity contribution >= 4 is 74.2 Å². The maximum Gasteiger partial charge on any atom is 1.00 e. The van der Waals surface area contributed by atoms with Crippen molar-refractivity contribution in [3.8, 4) is 45.4 Å². The Morgan fingerprint density at radius 2 is 1.22 bits per heavy atom. The molecule has 2 aliphatic carbocycles. The first-order valence-corrected chi connectivity index (χ1v) is 38.4. The van der Waals surface area contributed by atoms with Crippen LogP contribution < -0.4 is 82.6 Å². The van der Waals surface area contributed by atoms with Crippen LogP contribution in [0, 0.1) is 12.8 Å². The van der Waals surface area contributed by atoms with Gasteiger partial charge in [-0.2, -0.15) is 0 Å². The second kappa shape index (κ2) is 36.6. The van der Waals surface area contributed by atoms with Crippen LogP contribution in [0.1, 0.15) is 112 Å². The third-order valence-electron chi connectivity index (χ3n) is 20.4. The van der Waals surface area contributed by atoms with Gasteiger partial charge in [-0.1, -0.05) is 0 Å². The van der Waals surface area contributed by atoms with Crippen LogP contribution in [0.5, 0.6) is 23.0 Å². The molecule has 0 bridgehead atoms. The number of hydrogen-bond acceptors (Lipinski definition) is 29. The van der Waals surface area contributed by atoms with Gasteiger partial charge in [-0.15, -0.1) is 0 Å². The second-order valence-electron chi connectivity index (χ2n) is 27.8. The number of aromatic hydroxyl groups is 2. The molecule has 30 nitrogen and oxygen atoms in total. The van der Waals surface area contributed by atoms with Gasteiger partial charge in [-0.25, -0.2) is 0 Å². The number of ether oxygens (including phenoxy) is 11. The molecule has 5 fully saturated rings. The fourth-order valence-corrected chi connectivity index (χ4v) is 18.1. The van der Waals surface area contributed by atoms with E-state index < -0.39 is 182 Å². The quantitative estimate of drug-likeness (QED) is 0.0304. The van der Waals surface area contributed by atoms with Crippen LogP contribution >= 0.6 is 31.9 Å². The summed E-state index contributed by atoms with van der Waals surface area (Å²) in [5, 5.41) is 145. The van der Waals surface area contributed by atoms with Crippen LogP contribution in [0.3, 0.4) is 0 Å². The van der Waals surface area contributed by atoms with Crippen molar-refractivity contribution < 1.29 is 228 Å². The van der Waals surface area contributed by atoms with Gasteiger partial charge >= 0.3 is 252 Å². The van der Waals surface area contributed by atoms with Gasteiger partial charge in [0.15, 0.2) is 36.7 Å². The molecule has 25 atom stereocenters. The Labute approximate surface area is 691 Å². The van der Waals surface area contributed by atoms with Crippen LogP contribution in [-0.4, -0.2) is 233 Å². The molecule has 0 amide bonds. The standard InChI is InChI=1S/C52H76O24.C20H9Br2O5.Hg.2Na.H2O/c1-18-29(72-34-14-30(43(58)21(4)68-34)73-33-13-28(54)42(57)20(3)67-33)12-26-10-25-11-27(49(66-9)48(63)41(56)19(2)53)50(47(62)39(25)46(61)38(26)40(18)55)76-36-16-31(44(59)23(6)70-36)74-35-15-32(45(60)22(5)69-35)75-37-17-52(8,65)51(64)24(7)71-37;21-13-5-11-17(7-15(13)23)27-18-8-16(24)14(22)6-12(18)19(11)9-3-1-2-4-10(9)20(25)26;;;;/h10,12,19-24,27-28,30-37,41-45,49-51,53-61,64-65H,11,13-17H2,1-9H3;1-7,24H,(H,25,26);;;;1H2/q;;;2*+1;/p-2/t19-,20-,21-,22-,23-,24-,27?,28-,30-,31-,32-,33+,34+,35+,36+,37+,41+,42-,43+,44-,45-,49+,50+,51-,52+;;;;;/m1...../s1. The maximum atomic E-state index is 15.0. The zero-order chi connectivity index (χ0) is 75.7. The summed E-state index contributed by atoms with van der Waals surface area (Å²) in [5.74, 6) is -5.25. The summed E-state index contributed by atoms with van der Waals surface area (Å²) in [5.41, 5.74) is 0.218. The number of carbonyl (C=O) groups excluding carboxylic acids is 3. The van der Waals surface area contributed by atoms with Gasteiger partial charge in [-0.3, -0.25) is 9.59 Å². The van der Waals surface area contributed by atoms with Gasteiger partial charge in [0.1, 0.15) is 66.1 Å². The summed E-state index contributed by atoms with van der Waals surface area (Å²) < 4.78 is 73.7. The average molecular weight is 1840 g/mol. The Hall–Kier alpha value is -3.06. The predicted molar refractivity (Wildman–Crippen MR) is 366 cm³/mol. The van der Waals surface area contributed by atoms with Gasteiger partial charge in [0.2, 0.25) is 6.29 Å². The fourth-order valence-electron chi connectivity index (χ4n) is 14.6. The summed E-state index contributed by atoms with van der Waals surface area (Å²) in [6.07, 6.45) is -27.0.